The van der Waals surface area contributed by atoms with Crippen LogP contribution >= 0.6 is 0 Å². The van der Waals surface area contributed by atoms with Gasteiger partial charge in [-0.05, 0) is 36.6 Å². The molecule has 1 fully saturated rings. The lowest BCUT2D eigenvalue weighted by atomic mass is 10.1. The standard InChI is InChI=1S/C20H22FN3O2/c21-16-9-4-10-18(12-16)24-14-17(13-19(24)25)23-20(26)22-11-5-8-15-6-2-1-3-7-15/h1-4,6-7,9-10,12,17H,5,8,11,13-14H2,(H2,22,23,26). The van der Waals surface area contributed by atoms with E-state index < -0.39 is 0 Å². The van der Waals surface area contributed by atoms with Crippen molar-refractivity contribution in [1.29, 1.82) is 0 Å². The first-order valence-corrected chi connectivity index (χ1v) is 8.76. The second kappa shape index (κ2) is 8.47. The Hall–Kier alpha value is -2.89. The minimum Gasteiger partial charge on any atom is -0.338 e. The van der Waals surface area contributed by atoms with Crippen LogP contribution in [0.5, 0.6) is 0 Å². The number of anilines is 1. The highest BCUT2D eigenvalue weighted by atomic mass is 19.1. The smallest absolute Gasteiger partial charge is 0.315 e. The molecular weight excluding hydrogens is 333 g/mol. The van der Waals surface area contributed by atoms with E-state index in [1.54, 1.807) is 12.1 Å². The van der Waals surface area contributed by atoms with E-state index in [1.165, 1.54) is 22.6 Å². The van der Waals surface area contributed by atoms with E-state index in [9.17, 15) is 14.0 Å². The molecule has 0 saturated carbocycles. The number of carbonyl (C=O) groups excluding carboxylic acids is 2. The number of urea groups is 1. The first-order valence-electron chi connectivity index (χ1n) is 8.76. The van der Waals surface area contributed by atoms with Gasteiger partial charge in [-0.1, -0.05) is 36.4 Å². The van der Waals surface area contributed by atoms with Crippen LogP contribution in [0.25, 0.3) is 0 Å². The zero-order chi connectivity index (χ0) is 18.4. The molecule has 1 aliphatic rings. The van der Waals surface area contributed by atoms with Crippen molar-refractivity contribution in [2.45, 2.75) is 25.3 Å². The number of carbonyl (C=O) groups is 2. The molecule has 0 aromatic heterocycles. The fourth-order valence-corrected chi connectivity index (χ4v) is 3.07. The topological polar surface area (TPSA) is 61.4 Å². The largest absolute Gasteiger partial charge is 0.338 e. The maximum atomic E-state index is 13.3. The van der Waals surface area contributed by atoms with Crippen molar-refractivity contribution in [3.05, 3.63) is 66.0 Å². The zero-order valence-electron chi connectivity index (χ0n) is 14.5. The molecule has 2 N–H and O–H groups in total. The summed E-state index contributed by atoms with van der Waals surface area (Å²) in [6.07, 6.45) is 1.96. The minimum absolute atomic E-state index is 0.120. The second-order valence-electron chi connectivity index (χ2n) is 6.37. The normalized spacial score (nSPS) is 16.6. The van der Waals surface area contributed by atoms with Crippen molar-refractivity contribution < 1.29 is 14.0 Å². The van der Waals surface area contributed by atoms with Crippen LogP contribution in [0.4, 0.5) is 14.9 Å². The molecule has 5 nitrogen and oxygen atoms in total. The summed E-state index contributed by atoms with van der Waals surface area (Å²) >= 11 is 0. The summed E-state index contributed by atoms with van der Waals surface area (Å²) in [6.45, 7) is 0.911. The van der Waals surface area contributed by atoms with Crippen LogP contribution in [0.2, 0.25) is 0 Å². The van der Waals surface area contributed by atoms with Crippen LogP contribution in [0.15, 0.2) is 54.6 Å². The van der Waals surface area contributed by atoms with Gasteiger partial charge in [0, 0.05) is 25.2 Å². The summed E-state index contributed by atoms with van der Waals surface area (Å²) in [7, 11) is 0. The van der Waals surface area contributed by atoms with Gasteiger partial charge in [-0.15, -0.1) is 0 Å². The van der Waals surface area contributed by atoms with Gasteiger partial charge >= 0.3 is 6.03 Å². The van der Waals surface area contributed by atoms with Gasteiger partial charge in [0.05, 0.1) is 6.04 Å². The highest BCUT2D eigenvalue weighted by Gasteiger charge is 2.31. The SMILES string of the molecule is O=C(NCCCc1ccccc1)NC1CC(=O)N(c2cccc(F)c2)C1. The molecule has 1 heterocycles. The molecule has 136 valence electrons. The number of amides is 3. The fourth-order valence-electron chi connectivity index (χ4n) is 3.07. The van der Waals surface area contributed by atoms with E-state index in [-0.39, 0.29) is 30.2 Å². The summed E-state index contributed by atoms with van der Waals surface area (Å²) in [5, 5.41) is 5.63. The quantitative estimate of drug-likeness (QED) is 0.783. The molecule has 0 spiro atoms. The van der Waals surface area contributed by atoms with Gasteiger partial charge in [-0.2, -0.15) is 0 Å². The molecule has 1 aliphatic heterocycles. The maximum Gasteiger partial charge on any atom is 0.315 e. The van der Waals surface area contributed by atoms with Crippen molar-refractivity contribution in [3.8, 4) is 0 Å². The first kappa shape index (κ1) is 17.9. The van der Waals surface area contributed by atoms with Gasteiger partial charge < -0.3 is 15.5 Å². The average Bonchev–Trinajstić information content (AvgIpc) is 3.00. The number of nitrogens with zero attached hydrogens (tertiary/aromatic N) is 1. The molecule has 0 aliphatic carbocycles. The van der Waals surface area contributed by atoms with Gasteiger partial charge in [-0.3, -0.25) is 4.79 Å². The molecule has 2 aromatic carbocycles. The number of hydrogen-bond acceptors (Lipinski definition) is 2. The lowest BCUT2D eigenvalue weighted by Gasteiger charge is -2.17. The zero-order valence-corrected chi connectivity index (χ0v) is 14.5. The summed E-state index contributed by atoms with van der Waals surface area (Å²) in [5.74, 6) is -0.507. The summed E-state index contributed by atoms with van der Waals surface area (Å²) in [4.78, 5) is 25.6. The summed E-state index contributed by atoms with van der Waals surface area (Å²) in [5.41, 5.74) is 1.75. The van der Waals surface area contributed by atoms with Crippen LogP contribution < -0.4 is 15.5 Å². The highest BCUT2D eigenvalue weighted by Crippen LogP contribution is 2.22. The van der Waals surface area contributed by atoms with Crippen LogP contribution in [0.1, 0.15) is 18.4 Å². The number of aryl methyl sites for hydroxylation is 1. The van der Waals surface area contributed by atoms with Crippen molar-refractivity contribution in [2.75, 3.05) is 18.0 Å². The van der Waals surface area contributed by atoms with Crippen molar-refractivity contribution >= 4 is 17.6 Å². The molecule has 2 aromatic rings. The van der Waals surface area contributed by atoms with E-state index >= 15 is 0 Å². The van der Waals surface area contributed by atoms with Gasteiger partial charge in [-0.25, -0.2) is 9.18 Å². The number of hydrogen-bond donors (Lipinski definition) is 2. The van der Waals surface area contributed by atoms with Crippen molar-refractivity contribution in [1.82, 2.24) is 10.6 Å². The van der Waals surface area contributed by atoms with Crippen molar-refractivity contribution in [3.63, 3.8) is 0 Å². The minimum atomic E-state index is -0.386. The Kier molecular flexibility index (Phi) is 5.84. The lowest BCUT2D eigenvalue weighted by Crippen LogP contribution is -2.43. The molecule has 1 saturated heterocycles. The Labute approximate surface area is 152 Å². The monoisotopic (exact) mass is 355 g/mol. The molecule has 26 heavy (non-hydrogen) atoms. The van der Waals surface area contributed by atoms with Gasteiger partial charge in [0.25, 0.3) is 0 Å². The Bertz CT molecular complexity index is 767. The Morgan fingerprint density at radius 3 is 2.73 bits per heavy atom. The lowest BCUT2D eigenvalue weighted by molar-refractivity contribution is -0.117. The molecule has 1 atom stereocenters. The fraction of sp³-hybridized carbons (Fsp3) is 0.300. The Morgan fingerprint density at radius 2 is 1.96 bits per heavy atom. The van der Waals surface area contributed by atoms with Gasteiger partial charge in [0.15, 0.2) is 0 Å². The van der Waals surface area contributed by atoms with E-state index in [2.05, 4.69) is 22.8 Å². The Balaban J connectivity index is 1.41. The first-order chi connectivity index (χ1) is 12.6. The van der Waals surface area contributed by atoms with E-state index in [1.807, 2.05) is 18.2 Å². The second-order valence-corrected chi connectivity index (χ2v) is 6.37. The number of halogens is 1. The predicted molar refractivity (Wildman–Crippen MR) is 98.5 cm³/mol. The highest BCUT2D eigenvalue weighted by molar-refractivity contribution is 5.96. The summed E-state index contributed by atoms with van der Waals surface area (Å²) in [6, 6.07) is 15.4. The Morgan fingerprint density at radius 1 is 1.15 bits per heavy atom. The van der Waals surface area contributed by atoms with Crippen LogP contribution in [0, 0.1) is 5.82 Å². The van der Waals surface area contributed by atoms with E-state index in [0.717, 1.165) is 12.8 Å². The maximum absolute atomic E-state index is 13.3. The third kappa shape index (κ3) is 4.81. The van der Waals surface area contributed by atoms with E-state index in [0.29, 0.717) is 18.8 Å². The molecular formula is C20H22FN3O2. The van der Waals surface area contributed by atoms with Gasteiger partial charge in [0.1, 0.15) is 5.82 Å². The summed E-state index contributed by atoms with van der Waals surface area (Å²) < 4.78 is 13.3. The molecule has 6 heteroatoms. The molecule has 1 unspecified atom stereocenters. The third-order valence-corrected chi connectivity index (χ3v) is 4.35. The molecule has 3 rings (SSSR count). The number of rotatable bonds is 6. The number of benzene rings is 2. The molecule has 0 radical (unpaired) electrons. The predicted octanol–water partition coefficient (Wildman–Crippen LogP) is 2.86. The van der Waals surface area contributed by atoms with Crippen LogP contribution in [0.3, 0.4) is 0 Å². The average molecular weight is 355 g/mol. The molecule has 0 bridgehead atoms. The van der Waals surface area contributed by atoms with Crippen LogP contribution in [-0.2, 0) is 11.2 Å². The molecule has 3 amide bonds. The number of nitrogens with one attached hydrogen (secondary N) is 2. The van der Waals surface area contributed by atoms with Gasteiger partial charge in [0.2, 0.25) is 5.91 Å². The van der Waals surface area contributed by atoms with Crippen LogP contribution in [-0.4, -0.2) is 31.1 Å². The third-order valence-electron chi connectivity index (χ3n) is 4.35. The van der Waals surface area contributed by atoms with Crippen molar-refractivity contribution in [2.24, 2.45) is 0 Å². The van der Waals surface area contributed by atoms with E-state index in [4.69, 9.17) is 0 Å².